The fourth-order valence-corrected chi connectivity index (χ4v) is 5.02. The fourth-order valence-electron chi connectivity index (χ4n) is 5.02. The molecule has 32 heavy (non-hydrogen) atoms. The number of hydrogen-bond acceptors (Lipinski definition) is 5. The zero-order valence-electron chi connectivity index (χ0n) is 19.2. The number of pyridine rings is 1. The van der Waals surface area contributed by atoms with E-state index in [1.165, 1.54) is 4.90 Å². The Kier molecular flexibility index (Phi) is 5.85. The van der Waals surface area contributed by atoms with Gasteiger partial charge in [-0.2, -0.15) is 0 Å². The molecule has 2 N–H and O–H groups in total. The molecule has 1 saturated heterocycles. The lowest BCUT2D eigenvalue weighted by atomic mass is 9.67. The molecule has 2 aromatic heterocycles. The molecule has 4 rings (SSSR count). The van der Waals surface area contributed by atoms with Crippen molar-refractivity contribution < 1.29 is 19.7 Å². The number of fused-ring (bicyclic) bond motifs is 3. The van der Waals surface area contributed by atoms with Gasteiger partial charge in [0, 0.05) is 25.1 Å². The predicted octanol–water partition coefficient (Wildman–Crippen LogP) is 4.04. The molecular weight excluding hydrogens is 408 g/mol. The number of hydrogen-bond donors (Lipinski definition) is 2. The molecule has 2 unspecified atom stereocenters. The maximum atomic E-state index is 12.4. The predicted molar refractivity (Wildman–Crippen MR) is 123 cm³/mol. The van der Waals surface area contributed by atoms with Gasteiger partial charge in [-0.25, -0.2) is 9.78 Å². The van der Waals surface area contributed by atoms with Gasteiger partial charge in [0.05, 0.1) is 28.9 Å². The van der Waals surface area contributed by atoms with Gasteiger partial charge in [0.2, 0.25) is 0 Å². The summed E-state index contributed by atoms with van der Waals surface area (Å²) in [5.41, 5.74) is 1.26. The monoisotopic (exact) mass is 440 g/mol. The third-order valence-electron chi connectivity index (χ3n) is 6.82. The molecule has 1 aliphatic heterocycles. The lowest BCUT2D eigenvalue weighted by Crippen LogP contribution is -2.65. The van der Waals surface area contributed by atoms with Crippen molar-refractivity contribution in [3.63, 3.8) is 0 Å². The highest BCUT2D eigenvalue weighted by Gasteiger charge is 2.53. The van der Waals surface area contributed by atoms with Crippen molar-refractivity contribution in [1.29, 1.82) is 0 Å². The van der Waals surface area contributed by atoms with Crippen molar-refractivity contribution >= 4 is 28.0 Å². The van der Waals surface area contributed by atoms with Crippen molar-refractivity contribution in [2.24, 2.45) is 5.41 Å². The van der Waals surface area contributed by atoms with Crippen LogP contribution in [0.2, 0.25) is 0 Å². The number of aliphatic hydroxyl groups excluding tert-OH is 1. The first-order valence-electron chi connectivity index (χ1n) is 11.2. The van der Waals surface area contributed by atoms with Crippen LogP contribution in [0.4, 0.5) is 4.79 Å². The number of aromatic nitrogens is 3. The van der Waals surface area contributed by atoms with Crippen LogP contribution in [0.3, 0.4) is 0 Å². The van der Waals surface area contributed by atoms with E-state index in [1.54, 1.807) is 6.20 Å². The van der Waals surface area contributed by atoms with E-state index in [0.29, 0.717) is 39.1 Å². The number of benzene rings is 1. The Bertz CT molecular complexity index is 1140. The molecule has 0 radical (unpaired) electrons. The normalized spacial score (nSPS) is 22.0. The van der Waals surface area contributed by atoms with Crippen molar-refractivity contribution in [3.8, 4) is 0 Å². The van der Waals surface area contributed by atoms with Crippen molar-refractivity contribution in [2.75, 3.05) is 13.2 Å². The van der Waals surface area contributed by atoms with Crippen LogP contribution in [0.25, 0.3) is 21.9 Å². The zero-order chi connectivity index (χ0) is 23.1. The molecule has 0 saturated carbocycles. The van der Waals surface area contributed by atoms with Crippen LogP contribution in [0.5, 0.6) is 0 Å². The average Bonchev–Trinajstić information content (AvgIpc) is 3.08. The molecule has 3 aromatic rings. The lowest BCUT2D eigenvalue weighted by Gasteiger charge is -2.55. The molecule has 0 spiro atoms. The molecule has 3 heterocycles. The van der Waals surface area contributed by atoms with Crippen LogP contribution in [-0.4, -0.2) is 60.5 Å². The van der Waals surface area contributed by atoms with Gasteiger partial charge in [0.25, 0.3) is 0 Å². The summed E-state index contributed by atoms with van der Waals surface area (Å²) in [4.78, 5) is 23.3. The van der Waals surface area contributed by atoms with Gasteiger partial charge < -0.3 is 24.4 Å². The topological polar surface area (TPSA) is 101 Å². The van der Waals surface area contributed by atoms with Gasteiger partial charge in [-0.1, -0.05) is 39.0 Å². The van der Waals surface area contributed by atoms with E-state index in [1.807, 2.05) is 52.0 Å². The standard InChI is InChI=1S/C24H32N4O4/c1-5-32-14-20-26-19-13-25-18-9-7-6-8-17(18)21(19)27(20)15-24(23(2,3)4)12-16(29)10-11-28(24)22(30)31/h6-9,13,16,29H,5,10-12,14-15H2,1-4H3,(H,30,31). The Morgan fingerprint density at radius 3 is 2.72 bits per heavy atom. The number of para-hydroxylation sites is 1. The summed E-state index contributed by atoms with van der Waals surface area (Å²) >= 11 is 0. The Morgan fingerprint density at radius 2 is 2.03 bits per heavy atom. The molecule has 0 bridgehead atoms. The molecule has 1 amide bonds. The van der Waals surface area contributed by atoms with Gasteiger partial charge >= 0.3 is 6.09 Å². The maximum absolute atomic E-state index is 12.4. The summed E-state index contributed by atoms with van der Waals surface area (Å²) in [5.74, 6) is 0.731. The second-order valence-corrected chi connectivity index (χ2v) is 9.62. The number of imidazole rings is 1. The average molecular weight is 441 g/mol. The van der Waals surface area contributed by atoms with E-state index in [2.05, 4.69) is 9.55 Å². The molecule has 2 atom stereocenters. The highest BCUT2D eigenvalue weighted by molar-refractivity contribution is 6.02. The first-order chi connectivity index (χ1) is 15.2. The largest absolute Gasteiger partial charge is 0.465 e. The highest BCUT2D eigenvalue weighted by Crippen LogP contribution is 2.45. The second-order valence-electron chi connectivity index (χ2n) is 9.62. The molecule has 1 aromatic carbocycles. The number of aliphatic hydroxyl groups is 1. The first kappa shape index (κ1) is 22.5. The van der Waals surface area contributed by atoms with Crippen LogP contribution < -0.4 is 0 Å². The number of likely N-dealkylation sites (tertiary alicyclic amines) is 1. The van der Waals surface area contributed by atoms with Crippen molar-refractivity contribution in [1.82, 2.24) is 19.4 Å². The van der Waals surface area contributed by atoms with Gasteiger partial charge in [-0.3, -0.25) is 4.98 Å². The summed E-state index contributed by atoms with van der Waals surface area (Å²) in [5, 5.41) is 21.7. The minimum Gasteiger partial charge on any atom is -0.465 e. The minimum atomic E-state index is -0.964. The number of carbonyl (C=O) groups is 1. The second kappa shape index (κ2) is 8.33. The van der Waals surface area contributed by atoms with Gasteiger partial charge in [0.1, 0.15) is 17.9 Å². The number of amides is 1. The van der Waals surface area contributed by atoms with Crippen LogP contribution in [0, 0.1) is 5.41 Å². The molecule has 172 valence electrons. The fraction of sp³-hybridized carbons (Fsp3) is 0.542. The third-order valence-corrected chi connectivity index (χ3v) is 6.82. The number of carboxylic acid groups (broad SMARTS) is 1. The summed E-state index contributed by atoms with van der Waals surface area (Å²) in [6.45, 7) is 9.59. The SMILES string of the molecule is CCOCc1nc2cnc3ccccc3c2n1CC1(C(C)(C)C)CC(O)CCN1C(=O)O. The number of piperidine rings is 1. The smallest absolute Gasteiger partial charge is 0.407 e. The molecular formula is C24H32N4O4. The molecule has 8 heteroatoms. The third kappa shape index (κ3) is 3.71. The lowest BCUT2D eigenvalue weighted by molar-refractivity contribution is -0.0761. The van der Waals surface area contributed by atoms with Gasteiger partial charge in [0.15, 0.2) is 0 Å². The number of nitrogens with zero attached hydrogens (tertiary/aromatic N) is 4. The summed E-state index contributed by atoms with van der Waals surface area (Å²) in [7, 11) is 0. The van der Waals surface area contributed by atoms with Crippen LogP contribution >= 0.6 is 0 Å². The Balaban J connectivity index is 1.97. The van der Waals surface area contributed by atoms with Crippen molar-refractivity contribution in [2.45, 2.75) is 65.3 Å². The molecule has 1 aliphatic rings. The Labute approximate surface area is 187 Å². The first-order valence-corrected chi connectivity index (χ1v) is 11.2. The zero-order valence-corrected chi connectivity index (χ0v) is 19.2. The summed E-state index contributed by atoms with van der Waals surface area (Å²) in [6.07, 6.45) is 1.04. The van der Waals surface area contributed by atoms with E-state index in [9.17, 15) is 15.0 Å². The van der Waals surface area contributed by atoms with E-state index in [4.69, 9.17) is 9.72 Å². The quantitative estimate of drug-likeness (QED) is 0.621. The highest BCUT2D eigenvalue weighted by atomic mass is 16.5. The van der Waals surface area contributed by atoms with E-state index >= 15 is 0 Å². The Hall–Kier alpha value is -2.71. The molecule has 1 fully saturated rings. The Morgan fingerprint density at radius 1 is 1.28 bits per heavy atom. The van der Waals surface area contributed by atoms with Crippen LogP contribution in [-0.2, 0) is 17.9 Å². The maximum Gasteiger partial charge on any atom is 0.407 e. The van der Waals surface area contributed by atoms with Crippen molar-refractivity contribution in [3.05, 3.63) is 36.3 Å². The molecule has 8 nitrogen and oxygen atoms in total. The van der Waals surface area contributed by atoms with E-state index in [0.717, 1.165) is 27.8 Å². The van der Waals surface area contributed by atoms with E-state index in [-0.39, 0.29) is 0 Å². The molecule has 0 aliphatic carbocycles. The van der Waals surface area contributed by atoms with Crippen LogP contribution in [0.1, 0.15) is 46.4 Å². The number of ether oxygens (including phenoxy) is 1. The minimum absolute atomic E-state index is 0.295. The van der Waals surface area contributed by atoms with E-state index < -0.39 is 23.2 Å². The number of rotatable bonds is 5. The van der Waals surface area contributed by atoms with Gasteiger partial charge in [-0.15, -0.1) is 0 Å². The van der Waals surface area contributed by atoms with Gasteiger partial charge in [-0.05, 0) is 31.2 Å². The summed E-state index contributed by atoms with van der Waals surface area (Å²) < 4.78 is 7.81. The summed E-state index contributed by atoms with van der Waals surface area (Å²) in [6, 6.07) is 7.89. The van der Waals surface area contributed by atoms with Crippen LogP contribution in [0.15, 0.2) is 30.5 Å².